The number of ether oxygens (including phenoxy) is 1. The Bertz CT molecular complexity index is 689. The van der Waals surface area contributed by atoms with Crippen LogP contribution in [0.15, 0.2) is 30.3 Å². The number of carbonyl (C=O) groups excluding carboxylic acids is 2. The largest absolute Gasteiger partial charge is 0.374 e. The minimum atomic E-state index is -2.69. The van der Waals surface area contributed by atoms with Crippen molar-refractivity contribution in [3.05, 3.63) is 35.9 Å². The van der Waals surface area contributed by atoms with Crippen LogP contribution in [0.3, 0.4) is 0 Å². The highest BCUT2D eigenvalue weighted by molar-refractivity contribution is 5.94. The highest BCUT2D eigenvalue weighted by Gasteiger charge is 2.51. The Morgan fingerprint density at radius 1 is 1.04 bits per heavy atom. The number of alkyl halides is 2. The van der Waals surface area contributed by atoms with E-state index in [9.17, 15) is 18.4 Å². The zero-order chi connectivity index (χ0) is 18.3. The highest BCUT2D eigenvalue weighted by atomic mass is 19.3. The summed E-state index contributed by atoms with van der Waals surface area (Å²) in [5.74, 6) is -3.49. The number of hydrogen-bond acceptors (Lipinski definition) is 3. The molecule has 3 aliphatic rings. The molecule has 2 aliphatic heterocycles. The van der Waals surface area contributed by atoms with Crippen LogP contribution in [0.25, 0.3) is 0 Å². The molecule has 0 radical (unpaired) electrons. The first-order valence-corrected chi connectivity index (χ1v) is 9.05. The lowest BCUT2D eigenvalue weighted by Crippen LogP contribution is -2.46. The van der Waals surface area contributed by atoms with Crippen LogP contribution in [-0.4, -0.2) is 66.4 Å². The lowest BCUT2D eigenvalue weighted by atomic mass is 9.80. The maximum absolute atomic E-state index is 13.0. The van der Waals surface area contributed by atoms with Gasteiger partial charge >= 0.3 is 0 Å². The van der Waals surface area contributed by atoms with Crippen molar-refractivity contribution in [2.75, 3.05) is 32.8 Å². The summed E-state index contributed by atoms with van der Waals surface area (Å²) in [7, 11) is 0. The summed E-state index contributed by atoms with van der Waals surface area (Å²) in [6.07, 6.45) is -0.831. The van der Waals surface area contributed by atoms with Gasteiger partial charge < -0.3 is 14.5 Å². The molecule has 5 nitrogen and oxygen atoms in total. The van der Waals surface area contributed by atoms with Gasteiger partial charge in [0.2, 0.25) is 11.8 Å². The summed E-state index contributed by atoms with van der Waals surface area (Å²) < 4.78 is 32.0. The molecule has 1 saturated carbocycles. The zero-order valence-corrected chi connectivity index (χ0v) is 14.4. The van der Waals surface area contributed by atoms with E-state index in [1.54, 1.807) is 21.9 Å². The van der Waals surface area contributed by atoms with Crippen molar-refractivity contribution in [1.82, 2.24) is 9.80 Å². The van der Waals surface area contributed by atoms with Gasteiger partial charge in [0.05, 0.1) is 12.7 Å². The quantitative estimate of drug-likeness (QED) is 0.807. The number of carbonyl (C=O) groups is 2. The lowest BCUT2D eigenvalue weighted by Gasteiger charge is -2.36. The SMILES string of the molecule is O=C(c1ccccc1)N1CCO[C@@H]2CN(C(=O)C3CC(F)(F)C3)C[C@@H]2C1. The number of halogens is 2. The third-order valence-corrected chi connectivity index (χ3v) is 5.59. The average Bonchev–Trinajstić information content (AvgIpc) is 2.91. The smallest absolute Gasteiger partial charge is 0.253 e. The fourth-order valence-electron chi connectivity index (χ4n) is 4.12. The molecule has 1 aromatic rings. The molecule has 26 heavy (non-hydrogen) atoms. The first-order valence-electron chi connectivity index (χ1n) is 9.05. The van der Waals surface area contributed by atoms with Gasteiger partial charge in [-0.15, -0.1) is 0 Å². The van der Waals surface area contributed by atoms with Gasteiger partial charge in [-0.25, -0.2) is 8.78 Å². The van der Waals surface area contributed by atoms with E-state index in [1.807, 2.05) is 18.2 Å². The molecule has 3 fully saturated rings. The van der Waals surface area contributed by atoms with Crippen LogP contribution in [0, 0.1) is 11.8 Å². The summed E-state index contributed by atoms with van der Waals surface area (Å²) in [6.45, 7) is 2.35. The number of hydrogen-bond donors (Lipinski definition) is 0. The molecule has 140 valence electrons. The number of likely N-dealkylation sites (tertiary alicyclic amines) is 1. The second-order valence-corrected chi connectivity index (χ2v) is 7.49. The van der Waals surface area contributed by atoms with E-state index in [0.29, 0.717) is 38.3 Å². The molecule has 2 heterocycles. The molecule has 1 aliphatic carbocycles. The molecule has 0 spiro atoms. The average molecular weight is 364 g/mol. The van der Waals surface area contributed by atoms with Gasteiger partial charge in [-0.3, -0.25) is 9.59 Å². The number of benzene rings is 1. The first-order chi connectivity index (χ1) is 12.4. The van der Waals surface area contributed by atoms with E-state index in [-0.39, 0.29) is 36.7 Å². The van der Waals surface area contributed by atoms with E-state index >= 15 is 0 Å². The summed E-state index contributed by atoms with van der Waals surface area (Å²) in [4.78, 5) is 28.6. The first kappa shape index (κ1) is 17.4. The number of rotatable bonds is 2. The Morgan fingerprint density at radius 2 is 1.73 bits per heavy atom. The van der Waals surface area contributed by atoms with E-state index in [1.165, 1.54) is 0 Å². The van der Waals surface area contributed by atoms with Crippen LogP contribution in [0.2, 0.25) is 0 Å². The van der Waals surface area contributed by atoms with Crippen molar-refractivity contribution in [2.45, 2.75) is 24.9 Å². The minimum absolute atomic E-state index is 0.0229. The standard InChI is InChI=1S/C19H22F2N2O3/c20-19(21)8-14(9-19)18(25)23-11-15-10-22(6-7-26-16(15)12-23)17(24)13-4-2-1-3-5-13/h1-5,14-16H,6-12H2/t15-,16+/m0/s1. The Balaban J connectivity index is 1.39. The maximum Gasteiger partial charge on any atom is 0.253 e. The molecule has 1 aromatic carbocycles. The Labute approximate surface area is 150 Å². The Hall–Kier alpha value is -2.02. The molecule has 4 rings (SSSR count). The Morgan fingerprint density at radius 3 is 2.42 bits per heavy atom. The topological polar surface area (TPSA) is 49.9 Å². The van der Waals surface area contributed by atoms with Crippen molar-refractivity contribution in [3.8, 4) is 0 Å². The molecule has 2 atom stereocenters. The van der Waals surface area contributed by atoms with E-state index in [0.717, 1.165) is 0 Å². The van der Waals surface area contributed by atoms with Gasteiger partial charge in [0, 0.05) is 56.4 Å². The molecule has 2 amide bonds. The molecule has 2 saturated heterocycles. The summed E-state index contributed by atoms with van der Waals surface area (Å²) in [5.41, 5.74) is 0.633. The molecule has 0 N–H and O–H groups in total. The highest BCUT2D eigenvalue weighted by Crippen LogP contribution is 2.43. The van der Waals surface area contributed by atoms with Crippen LogP contribution < -0.4 is 0 Å². The van der Waals surface area contributed by atoms with Crippen LogP contribution in [0.1, 0.15) is 23.2 Å². The van der Waals surface area contributed by atoms with Crippen molar-refractivity contribution in [3.63, 3.8) is 0 Å². The van der Waals surface area contributed by atoms with E-state index in [4.69, 9.17) is 4.74 Å². The maximum atomic E-state index is 13.0. The zero-order valence-electron chi connectivity index (χ0n) is 14.4. The fourth-order valence-corrected chi connectivity index (χ4v) is 4.12. The molecular formula is C19H22F2N2O3. The predicted octanol–water partition coefficient (Wildman–Crippen LogP) is 2.03. The number of fused-ring (bicyclic) bond motifs is 1. The van der Waals surface area contributed by atoms with Crippen molar-refractivity contribution in [1.29, 1.82) is 0 Å². The molecule has 7 heteroatoms. The molecule has 0 bridgehead atoms. The third-order valence-electron chi connectivity index (χ3n) is 5.59. The van der Waals surface area contributed by atoms with Gasteiger partial charge in [-0.1, -0.05) is 18.2 Å². The monoisotopic (exact) mass is 364 g/mol. The van der Waals surface area contributed by atoms with Gasteiger partial charge in [-0.2, -0.15) is 0 Å². The molecular weight excluding hydrogens is 342 g/mol. The summed E-state index contributed by atoms with van der Waals surface area (Å²) >= 11 is 0. The number of amides is 2. The normalized spacial score (nSPS) is 28.2. The van der Waals surface area contributed by atoms with Crippen LogP contribution in [0.5, 0.6) is 0 Å². The fraction of sp³-hybridized carbons (Fsp3) is 0.579. The predicted molar refractivity (Wildman–Crippen MR) is 89.8 cm³/mol. The minimum Gasteiger partial charge on any atom is -0.374 e. The summed E-state index contributed by atoms with van der Waals surface area (Å²) in [5, 5.41) is 0. The van der Waals surface area contributed by atoms with E-state index in [2.05, 4.69) is 0 Å². The lowest BCUT2D eigenvalue weighted by molar-refractivity contribution is -0.159. The second kappa shape index (κ2) is 6.61. The van der Waals surface area contributed by atoms with Gasteiger partial charge in [0.15, 0.2) is 0 Å². The third kappa shape index (κ3) is 3.32. The van der Waals surface area contributed by atoms with Crippen LogP contribution in [-0.2, 0) is 9.53 Å². The van der Waals surface area contributed by atoms with Crippen LogP contribution >= 0.6 is 0 Å². The van der Waals surface area contributed by atoms with E-state index < -0.39 is 11.8 Å². The van der Waals surface area contributed by atoms with Gasteiger partial charge in [-0.05, 0) is 12.1 Å². The summed E-state index contributed by atoms with van der Waals surface area (Å²) in [6, 6.07) is 9.09. The van der Waals surface area contributed by atoms with Gasteiger partial charge in [0.25, 0.3) is 5.91 Å². The van der Waals surface area contributed by atoms with Crippen LogP contribution in [0.4, 0.5) is 8.78 Å². The molecule has 0 aromatic heterocycles. The number of nitrogens with zero attached hydrogens (tertiary/aromatic N) is 2. The second-order valence-electron chi connectivity index (χ2n) is 7.49. The molecule has 0 unspecified atom stereocenters. The Kier molecular flexibility index (Phi) is 4.42. The van der Waals surface area contributed by atoms with Crippen molar-refractivity contribution in [2.24, 2.45) is 11.8 Å². The van der Waals surface area contributed by atoms with Crippen molar-refractivity contribution < 1.29 is 23.1 Å². The van der Waals surface area contributed by atoms with Crippen molar-refractivity contribution >= 4 is 11.8 Å². The van der Waals surface area contributed by atoms with Gasteiger partial charge in [0.1, 0.15) is 0 Å².